The average Bonchev–Trinajstić information content (AvgIpc) is 3.51. The topological polar surface area (TPSA) is 95.1 Å². The van der Waals surface area contributed by atoms with Gasteiger partial charge in [0.05, 0.1) is 6.67 Å². The van der Waals surface area contributed by atoms with Crippen LogP contribution < -0.4 is 21.1 Å². The van der Waals surface area contributed by atoms with E-state index in [1.54, 1.807) is 0 Å². The van der Waals surface area contributed by atoms with Gasteiger partial charge < -0.3 is 25.1 Å². The first-order valence-corrected chi connectivity index (χ1v) is 12.5. The molecule has 190 valence electrons. The number of carbonyl (C=O) groups is 1. The molecule has 4 heterocycles. The molecule has 37 heavy (non-hydrogen) atoms. The number of aromatic amines is 1. The van der Waals surface area contributed by atoms with Crippen molar-refractivity contribution in [3.05, 3.63) is 93.4 Å². The van der Waals surface area contributed by atoms with Crippen molar-refractivity contribution in [2.45, 2.75) is 47.2 Å². The Morgan fingerprint density at radius 3 is 2.57 bits per heavy atom. The van der Waals surface area contributed by atoms with Crippen LogP contribution in [-0.2, 0) is 6.54 Å². The van der Waals surface area contributed by atoms with Gasteiger partial charge in [0, 0.05) is 70.7 Å². The first-order valence-electron chi connectivity index (χ1n) is 12.5. The van der Waals surface area contributed by atoms with Gasteiger partial charge in [0.15, 0.2) is 0 Å². The minimum absolute atomic E-state index is 0.156. The molecule has 8 heteroatoms. The maximum Gasteiger partial charge on any atom is 0.253 e. The molecule has 0 aliphatic carbocycles. The van der Waals surface area contributed by atoms with Gasteiger partial charge in [-0.05, 0) is 81.6 Å². The van der Waals surface area contributed by atoms with Crippen molar-refractivity contribution in [2.75, 3.05) is 11.6 Å². The number of benzene rings is 1. The van der Waals surface area contributed by atoms with E-state index in [0.29, 0.717) is 17.8 Å². The molecular formula is C29H32N6O2. The lowest BCUT2D eigenvalue weighted by Gasteiger charge is -2.15. The maximum atomic E-state index is 13.6. The molecule has 1 aliphatic heterocycles. The van der Waals surface area contributed by atoms with E-state index < -0.39 is 0 Å². The lowest BCUT2D eigenvalue weighted by atomic mass is 9.98. The normalized spacial score (nSPS) is 13.0. The molecule has 0 atom stereocenters. The Kier molecular flexibility index (Phi) is 6.33. The number of hydrogen-bond acceptors (Lipinski definition) is 5. The minimum atomic E-state index is -0.214. The molecule has 0 fully saturated rings. The van der Waals surface area contributed by atoms with Crippen LogP contribution in [0.15, 0.2) is 59.9 Å². The summed E-state index contributed by atoms with van der Waals surface area (Å²) >= 11 is 0. The van der Waals surface area contributed by atoms with Crippen LogP contribution >= 0.6 is 0 Å². The van der Waals surface area contributed by atoms with Crippen molar-refractivity contribution in [2.24, 2.45) is 0 Å². The van der Waals surface area contributed by atoms with Crippen LogP contribution in [0.3, 0.4) is 0 Å². The monoisotopic (exact) mass is 496 g/mol. The number of nitrogens with one attached hydrogen (secondary N) is 3. The van der Waals surface area contributed by atoms with E-state index >= 15 is 0 Å². The molecule has 1 aliphatic rings. The van der Waals surface area contributed by atoms with Crippen molar-refractivity contribution in [1.82, 2.24) is 25.2 Å². The van der Waals surface area contributed by atoms with Crippen molar-refractivity contribution < 1.29 is 4.79 Å². The summed E-state index contributed by atoms with van der Waals surface area (Å²) in [5, 5.41) is 7.06. The highest BCUT2D eigenvalue weighted by Crippen LogP contribution is 2.33. The zero-order valence-electron chi connectivity index (χ0n) is 21.8. The Balaban J connectivity index is 1.55. The Morgan fingerprint density at radius 1 is 1.11 bits per heavy atom. The van der Waals surface area contributed by atoms with E-state index in [2.05, 4.69) is 51.3 Å². The summed E-state index contributed by atoms with van der Waals surface area (Å²) in [7, 11) is 0. The zero-order valence-corrected chi connectivity index (χ0v) is 21.8. The highest BCUT2D eigenvalue weighted by atomic mass is 16.1. The Bertz CT molecular complexity index is 1580. The third-order valence-electron chi connectivity index (χ3n) is 6.85. The highest BCUT2D eigenvalue weighted by Gasteiger charge is 2.20. The molecule has 8 nitrogen and oxygen atoms in total. The van der Waals surface area contributed by atoms with Gasteiger partial charge in [0.2, 0.25) is 0 Å². The quantitative estimate of drug-likeness (QED) is 0.361. The number of pyridine rings is 2. The van der Waals surface area contributed by atoms with Crippen LogP contribution in [0.5, 0.6) is 0 Å². The van der Waals surface area contributed by atoms with Crippen LogP contribution in [0.1, 0.15) is 52.6 Å². The van der Waals surface area contributed by atoms with E-state index in [1.165, 1.54) is 0 Å². The van der Waals surface area contributed by atoms with Gasteiger partial charge in [-0.25, -0.2) is 4.98 Å². The molecule has 3 aromatic heterocycles. The van der Waals surface area contributed by atoms with Gasteiger partial charge in [0.1, 0.15) is 5.82 Å². The van der Waals surface area contributed by atoms with E-state index in [4.69, 9.17) is 0 Å². The highest BCUT2D eigenvalue weighted by molar-refractivity contribution is 6.09. The number of fused-ring (bicyclic) bond motifs is 1. The minimum Gasteiger partial charge on any atom is -0.372 e. The number of aromatic nitrogens is 3. The second-order valence-corrected chi connectivity index (χ2v) is 9.91. The van der Waals surface area contributed by atoms with E-state index in [9.17, 15) is 9.59 Å². The number of anilines is 1. The lowest BCUT2D eigenvalue weighted by molar-refractivity contribution is 0.0952. The third kappa shape index (κ3) is 4.62. The second kappa shape index (κ2) is 9.61. The van der Waals surface area contributed by atoms with Crippen LogP contribution in [0.25, 0.3) is 22.0 Å². The van der Waals surface area contributed by atoms with Crippen LogP contribution in [0, 0.1) is 20.8 Å². The number of H-pyrrole nitrogens is 1. The molecule has 0 radical (unpaired) electrons. The van der Waals surface area contributed by atoms with Gasteiger partial charge in [0.25, 0.3) is 11.5 Å². The van der Waals surface area contributed by atoms with Gasteiger partial charge in [-0.1, -0.05) is 0 Å². The van der Waals surface area contributed by atoms with Crippen molar-refractivity contribution in [1.29, 1.82) is 0 Å². The van der Waals surface area contributed by atoms with Crippen LogP contribution in [0.2, 0.25) is 0 Å². The van der Waals surface area contributed by atoms with Gasteiger partial charge >= 0.3 is 0 Å². The first-order chi connectivity index (χ1) is 17.7. The summed E-state index contributed by atoms with van der Waals surface area (Å²) < 4.78 is 2.20. The van der Waals surface area contributed by atoms with Gasteiger partial charge in [-0.15, -0.1) is 0 Å². The molecule has 5 rings (SSSR count). The van der Waals surface area contributed by atoms with Gasteiger partial charge in [-0.3, -0.25) is 9.59 Å². The van der Waals surface area contributed by atoms with Gasteiger partial charge in [-0.2, -0.15) is 0 Å². The molecule has 0 saturated carbocycles. The Morgan fingerprint density at radius 2 is 1.92 bits per heavy atom. The average molecular weight is 497 g/mol. The predicted molar refractivity (Wildman–Crippen MR) is 148 cm³/mol. The van der Waals surface area contributed by atoms with Crippen LogP contribution in [-0.4, -0.2) is 27.1 Å². The van der Waals surface area contributed by atoms with Crippen LogP contribution in [0.4, 0.5) is 5.82 Å². The maximum absolute atomic E-state index is 13.6. The zero-order chi connectivity index (χ0) is 26.3. The molecule has 1 aromatic carbocycles. The molecular weight excluding hydrogens is 464 g/mol. The summed E-state index contributed by atoms with van der Waals surface area (Å²) in [4.78, 5) is 35.6. The number of amides is 1. The largest absolute Gasteiger partial charge is 0.372 e. The molecule has 0 unspecified atom stereocenters. The predicted octanol–water partition coefficient (Wildman–Crippen LogP) is 4.67. The molecule has 0 bridgehead atoms. The molecule has 0 spiro atoms. The summed E-state index contributed by atoms with van der Waals surface area (Å²) in [6.07, 6.45) is 7.78. The number of rotatable bonds is 6. The number of hydrogen-bond donors (Lipinski definition) is 3. The summed E-state index contributed by atoms with van der Waals surface area (Å²) in [5.41, 5.74) is 6.50. The third-order valence-corrected chi connectivity index (χ3v) is 6.85. The van der Waals surface area contributed by atoms with E-state index in [-0.39, 0.29) is 24.1 Å². The molecule has 3 N–H and O–H groups in total. The lowest BCUT2D eigenvalue weighted by Crippen LogP contribution is -2.28. The Labute approximate surface area is 216 Å². The van der Waals surface area contributed by atoms with E-state index in [0.717, 1.165) is 44.7 Å². The fourth-order valence-corrected chi connectivity index (χ4v) is 4.96. The number of nitrogens with zero attached hydrogens (tertiary/aromatic N) is 3. The summed E-state index contributed by atoms with van der Waals surface area (Å²) in [6.45, 7) is 10.9. The first kappa shape index (κ1) is 24.4. The second-order valence-electron chi connectivity index (χ2n) is 9.91. The van der Waals surface area contributed by atoms with Crippen molar-refractivity contribution in [3.8, 4) is 11.1 Å². The van der Waals surface area contributed by atoms with E-state index in [1.807, 2.05) is 68.5 Å². The van der Waals surface area contributed by atoms with Crippen molar-refractivity contribution in [3.63, 3.8) is 0 Å². The fourth-order valence-electron chi connectivity index (χ4n) is 4.96. The Hall–Kier alpha value is -4.33. The summed E-state index contributed by atoms with van der Waals surface area (Å²) in [6, 6.07) is 10.2. The van der Waals surface area contributed by atoms with Crippen molar-refractivity contribution >= 4 is 22.6 Å². The molecule has 1 amide bonds. The fraction of sp³-hybridized carbons (Fsp3) is 0.276. The molecule has 0 saturated heterocycles. The summed E-state index contributed by atoms with van der Waals surface area (Å²) in [5.74, 6) is 0.637. The SMILES string of the molecule is Cc1cc(C)c(CNC(=O)c2cc(-c3ccc(N4C=CNC4)nc3)cc3c2c(C)cn3C(C)C)c(=O)[nH]1. The number of carbonyl (C=O) groups excluding carboxylic acids is 1. The molecule has 4 aromatic rings. The number of aryl methyl sites for hydroxylation is 3. The smallest absolute Gasteiger partial charge is 0.253 e. The standard InChI is InChI=1S/C29H32N6O2/c1-17(2)35-15-19(4)27-23(28(36)32-14-24-18(3)10-20(5)33-29(24)37)11-22(12-25(27)35)21-6-7-26(31-13-21)34-9-8-30-16-34/h6-13,15,17,30H,14,16H2,1-5H3,(H,32,36)(H,33,37).